The molecule has 0 heterocycles. The number of benzene rings is 2. The topological polar surface area (TPSA) is 46.5 Å². The Balaban J connectivity index is 2.47. The van der Waals surface area contributed by atoms with Crippen LogP contribution in [0.4, 0.5) is 0 Å². The first kappa shape index (κ1) is 13.7. The first-order chi connectivity index (χ1) is 9.04. The van der Waals surface area contributed by atoms with Crippen LogP contribution in [0.15, 0.2) is 36.4 Å². The Bertz CT molecular complexity index is 639. The summed E-state index contributed by atoms with van der Waals surface area (Å²) in [6.07, 6.45) is 0. The lowest BCUT2D eigenvalue weighted by Crippen LogP contribution is -2.03. The molecule has 98 valence electrons. The van der Waals surface area contributed by atoms with Gasteiger partial charge in [-0.2, -0.15) is 0 Å². The normalized spacial score (nSPS) is 10.3. The lowest BCUT2D eigenvalue weighted by molar-refractivity contribution is 0.103. The van der Waals surface area contributed by atoms with E-state index >= 15 is 0 Å². The Hall–Kier alpha value is -1.71. The third-order valence-corrected chi connectivity index (χ3v) is 3.46. The number of aromatic hydroxyl groups is 1. The van der Waals surface area contributed by atoms with Crippen molar-refractivity contribution >= 4 is 29.0 Å². The number of hydrogen-bond donors (Lipinski definition) is 1. The molecule has 0 aliphatic rings. The number of ketones is 1. The fourth-order valence-electron chi connectivity index (χ4n) is 1.65. The van der Waals surface area contributed by atoms with Gasteiger partial charge in [-0.25, -0.2) is 0 Å². The number of ether oxygens (including phenoxy) is 1. The van der Waals surface area contributed by atoms with E-state index in [1.807, 2.05) is 0 Å². The Morgan fingerprint density at radius 3 is 2.53 bits per heavy atom. The fraction of sp³-hybridized carbons (Fsp3) is 0.0714. The molecule has 0 radical (unpaired) electrons. The molecule has 0 fully saturated rings. The molecule has 0 aromatic heterocycles. The minimum absolute atomic E-state index is 0.143. The zero-order chi connectivity index (χ0) is 14.0. The Kier molecular flexibility index (Phi) is 3.98. The van der Waals surface area contributed by atoms with Crippen LogP contribution in [0.3, 0.4) is 0 Å². The molecule has 1 N–H and O–H groups in total. The molecular formula is C14H10Cl2O3. The van der Waals surface area contributed by atoms with Crippen molar-refractivity contribution in [3.63, 3.8) is 0 Å². The predicted molar refractivity (Wildman–Crippen MR) is 74.6 cm³/mol. The van der Waals surface area contributed by atoms with Crippen molar-refractivity contribution in [1.29, 1.82) is 0 Å². The first-order valence-electron chi connectivity index (χ1n) is 5.40. The van der Waals surface area contributed by atoms with Crippen LogP contribution in [0.5, 0.6) is 11.5 Å². The molecule has 2 aromatic carbocycles. The van der Waals surface area contributed by atoms with Gasteiger partial charge in [0.05, 0.1) is 22.7 Å². The van der Waals surface area contributed by atoms with Crippen molar-refractivity contribution in [3.8, 4) is 11.5 Å². The molecule has 5 heteroatoms. The molecular weight excluding hydrogens is 287 g/mol. The minimum Gasteiger partial charge on any atom is -0.507 e. The van der Waals surface area contributed by atoms with Gasteiger partial charge in [0.2, 0.25) is 0 Å². The molecule has 0 saturated carbocycles. The highest BCUT2D eigenvalue weighted by atomic mass is 35.5. The zero-order valence-corrected chi connectivity index (χ0v) is 11.5. The summed E-state index contributed by atoms with van der Waals surface area (Å²) in [7, 11) is 1.48. The van der Waals surface area contributed by atoms with Crippen molar-refractivity contribution in [3.05, 3.63) is 57.6 Å². The van der Waals surface area contributed by atoms with Gasteiger partial charge in [-0.05, 0) is 24.3 Å². The minimum atomic E-state index is -0.396. The van der Waals surface area contributed by atoms with Crippen LogP contribution >= 0.6 is 23.2 Å². The van der Waals surface area contributed by atoms with E-state index in [1.165, 1.54) is 19.2 Å². The highest BCUT2D eigenvalue weighted by Crippen LogP contribution is 2.31. The summed E-state index contributed by atoms with van der Waals surface area (Å²) < 4.78 is 4.96. The van der Waals surface area contributed by atoms with Crippen LogP contribution in [0, 0.1) is 0 Å². The molecule has 0 spiro atoms. The summed E-state index contributed by atoms with van der Waals surface area (Å²) in [6.45, 7) is 0. The van der Waals surface area contributed by atoms with Gasteiger partial charge in [0.25, 0.3) is 0 Å². The highest BCUT2D eigenvalue weighted by Gasteiger charge is 2.18. The summed E-state index contributed by atoms with van der Waals surface area (Å²) in [5.41, 5.74) is 0.389. The maximum Gasteiger partial charge on any atom is 0.198 e. The molecule has 0 atom stereocenters. The van der Waals surface area contributed by atoms with Crippen LogP contribution in [0.25, 0.3) is 0 Å². The number of phenolic OH excluding ortho intramolecular Hbond substituents is 1. The van der Waals surface area contributed by atoms with Gasteiger partial charge in [0.1, 0.15) is 11.5 Å². The van der Waals surface area contributed by atoms with Crippen LogP contribution in [-0.4, -0.2) is 18.0 Å². The van der Waals surface area contributed by atoms with Gasteiger partial charge in [0.15, 0.2) is 5.78 Å². The third kappa shape index (κ3) is 2.67. The number of carbonyl (C=O) groups excluding carboxylic acids is 1. The lowest BCUT2D eigenvalue weighted by Gasteiger charge is -2.08. The number of halogens is 2. The number of carbonyl (C=O) groups is 1. The fourth-order valence-corrected chi connectivity index (χ4v) is 2.04. The first-order valence-corrected chi connectivity index (χ1v) is 6.16. The van der Waals surface area contributed by atoms with E-state index in [4.69, 9.17) is 27.9 Å². The van der Waals surface area contributed by atoms with Crippen LogP contribution < -0.4 is 4.74 Å². The summed E-state index contributed by atoms with van der Waals surface area (Å²) in [5.74, 6) is -0.0979. The maximum absolute atomic E-state index is 12.3. The molecule has 0 bridgehead atoms. The standard InChI is InChI=1S/C14H10Cl2O3/c1-19-8-5-6-9(12(17)7-8)14(18)10-3-2-4-11(15)13(10)16/h2-7,17H,1H3. The number of phenols is 1. The second-order valence-corrected chi connectivity index (χ2v) is 4.60. The monoisotopic (exact) mass is 296 g/mol. The largest absolute Gasteiger partial charge is 0.507 e. The van der Waals surface area contributed by atoms with E-state index in [2.05, 4.69) is 0 Å². The molecule has 0 unspecified atom stereocenters. The molecule has 0 amide bonds. The van der Waals surface area contributed by atoms with E-state index in [1.54, 1.807) is 24.3 Å². The third-order valence-electron chi connectivity index (χ3n) is 2.65. The van der Waals surface area contributed by atoms with Crippen molar-refractivity contribution in [1.82, 2.24) is 0 Å². The summed E-state index contributed by atoms with van der Waals surface area (Å²) in [5, 5.41) is 10.3. The average Bonchev–Trinajstić information content (AvgIpc) is 2.41. The Morgan fingerprint density at radius 2 is 1.89 bits per heavy atom. The second-order valence-electron chi connectivity index (χ2n) is 3.81. The predicted octanol–water partition coefficient (Wildman–Crippen LogP) is 3.94. The molecule has 0 aliphatic carbocycles. The van der Waals surface area contributed by atoms with Crippen LogP contribution in [0.1, 0.15) is 15.9 Å². The van der Waals surface area contributed by atoms with Gasteiger partial charge < -0.3 is 9.84 Å². The van der Waals surface area contributed by atoms with Gasteiger partial charge in [-0.3, -0.25) is 4.79 Å². The smallest absolute Gasteiger partial charge is 0.198 e. The van der Waals surface area contributed by atoms with Gasteiger partial charge in [-0.1, -0.05) is 29.3 Å². The molecule has 3 nitrogen and oxygen atoms in total. The Labute approximate surface area is 120 Å². The molecule has 2 aromatic rings. The van der Waals surface area contributed by atoms with Crippen molar-refractivity contribution in [2.75, 3.05) is 7.11 Å². The van der Waals surface area contributed by atoms with Crippen LogP contribution in [-0.2, 0) is 0 Å². The molecule has 0 aliphatic heterocycles. The van der Waals surface area contributed by atoms with Gasteiger partial charge in [-0.15, -0.1) is 0 Å². The van der Waals surface area contributed by atoms with E-state index in [9.17, 15) is 9.90 Å². The van der Waals surface area contributed by atoms with Gasteiger partial charge in [0, 0.05) is 11.6 Å². The molecule has 0 saturated heterocycles. The van der Waals surface area contributed by atoms with Crippen LogP contribution in [0.2, 0.25) is 10.0 Å². The second kappa shape index (κ2) is 5.51. The Morgan fingerprint density at radius 1 is 1.16 bits per heavy atom. The van der Waals surface area contributed by atoms with E-state index in [0.29, 0.717) is 10.8 Å². The summed E-state index contributed by atoms with van der Waals surface area (Å²) in [6, 6.07) is 9.21. The quantitative estimate of drug-likeness (QED) is 0.873. The average molecular weight is 297 g/mol. The molecule has 2 rings (SSSR count). The van der Waals surface area contributed by atoms with E-state index in [-0.39, 0.29) is 21.9 Å². The molecule has 19 heavy (non-hydrogen) atoms. The van der Waals surface area contributed by atoms with Crippen molar-refractivity contribution in [2.24, 2.45) is 0 Å². The number of rotatable bonds is 3. The van der Waals surface area contributed by atoms with Crippen molar-refractivity contribution in [2.45, 2.75) is 0 Å². The number of hydrogen-bond acceptors (Lipinski definition) is 3. The van der Waals surface area contributed by atoms with Crippen molar-refractivity contribution < 1.29 is 14.6 Å². The summed E-state index contributed by atoms with van der Waals surface area (Å²) in [4.78, 5) is 12.3. The lowest BCUT2D eigenvalue weighted by atomic mass is 10.0. The van der Waals surface area contributed by atoms with E-state index in [0.717, 1.165) is 0 Å². The highest BCUT2D eigenvalue weighted by molar-refractivity contribution is 6.44. The SMILES string of the molecule is COc1ccc(C(=O)c2cccc(Cl)c2Cl)c(O)c1. The maximum atomic E-state index is 12.3. The zero-order valence-electron chi connectivity index (χ0n) is 9.98. The van der Waals surface area contributed by atoms with Gasteiger partial charge >= 0.3 is 0 Å². The van der Waals surface area contributed by atoms with E-state index < -0.39 is 5.78 Å². The summed E-state index contributed by atoms with van der Waals surface area (Å²) >= 11 is 11.9. The number of methoxy groups -OCH3 is 1.